The second-order valence-corrected chi connectivity index (χ2v) is 5.48. The first kappa shape index (κ1) is 14.6. The molecule has 114 valence electrons. The molecule has 1 heterocycles. The number of nitrogens with zero attached hydrogens (tertiary/aromatic N) is 1. The molecule has 0 spiro atoms. The first-order chi connectivity index (χ1) is 10.7. The molecule has 22 heavy (non-hydrogen) atoms. The normalized spacial score (nSPS) is 17.5. The highest BCUT2D eigenvalue weighted by atomic mass is 19.1. The third-order valence-electron chi connectivity index (χ3n) is 3.99. The fourth-order valence-corrected chi connectivity index (χ4v) is 2.75. The summed E-state index contributed by atoms with van der Waals surface area (Å²) in [4.78, 5) is 14.0. The molecule has 1 aliphatic rings. The Balaban J connectivity index is 1.52. The number of halogens is 1. The first-order valence-electron chi connectivity index (χ1n) is 7.43. The van der Waals surface area contributed by atoms with Crippen LogP contribution in [-0.4, -0.2) is 30.5 Å². The summed E-state index contributed by atoms with van der Waals surface area (Å²) in [5, 5.41) is 0. The minimum atomic E-state index is -0.316. The van der Waals surface area contributed by atoms with Crippen molar-refractivity contribution in [2.75, 3.05) is 19.7 Å². The van der Waals surface area contributed by atoms with Crippen molar-refractivity contribution in [2.24, 2.45) is 0 Å². The molecule has 1 atom stereocenters. The molecule has 1 aliphatic heterocycles. The Morgan fingerprint density at radius 2 is 1.86 bits per heavy atom. The lowest BCUT2D eigenvalue weighted by Crippen LogP contribution is -2.32. The second-order valence-electron chi connectivity index (χ2n) is 5.48. The summed E-state index contributed by atoms with van der Waals surface area (Å²) in [6, 6.07) is 16.0. The number of rotatable bonds is 4. The van der Waals surface area contributed by atoms with Gasteiger partial charge in [0.2, 0.25) is 0 Å². The van der Waals surface area contributed by atoms with Gasteiger partial charge in [-0.15, -0.1) is 0 Å². The number of hydrogen-bond donors (Lipinski definition) is 0. The van der Waals surface area contributed by atoms with E-state index in [2.05, 4.69) is 12.1 Å². The summed E-state index contributed by atoms with van der Waals surface area (Å²) in [6.07, 6.45) is 0.978. The van der Waals surface area contributed by atoms with Gasteiger partial charge in [0.25, 0.3) is 5.91 Å². The van der Waals surface area contributed by atoms with E-state index in [9.17, 15) is 9.18 Å². The third kappa shape index (κ3) is 3.45. The summed E-state index contributed by atoms with van der Waals surface area (Å²) >= 11 is 0. The molecular weight excluding hydrogens is 281 g/mol. The van der Waals surface area contributed by atoms with Crippen molar-refractivity contribution in [3.05, 3.63) is 66.0 Å². The number of hydrogen-bond acceptors (Lipinski definition) is 2. The van der Waals surface area contributed by atoms with Gasteiger partial charge in [0.1, 0.15) is 11.6 Å². The van der Waals surface area contributed by atoms with Crippen LogP contribution in [-0.2, 0) is 4.79 Å². The fourth-order valence-electron chi connectivity index (χ4n) is 2.75. The van der Waals surface area contributed by atoms with Crippen LogP contribution in [0.25, 0.3) is 0 Å². The van der Waals surface area contributed by atoms with Gasteiger partial charge >= 0.3 is 0 Å². The van der Waals surface area contributed by atoms with E-state index in [-0.39, 0.29) is 18.3 Å². The van der Waals surface area contributed by atoms with E-state index in [4.69, 9.17) is 4.74 Å². The molecule has 0 radical (unpaired) electrons. The zero-order valence-corrected chi connectivity index (χ0v) is 12.2. The van der Waals surface area contributed by atoms with Crippen molar-refractivity contribution in [2.45, 2.75) is 12.3 Å². The molecule has 1 saturated heterocycles. The number of amides is 1. The molecule has 0 unspecified atom stereocenters. The average molecular weight is 299 g/mol. The van der Waals surface area contributed by atoms with E-state index in [1.54, 1.807) is 0 Å². The number of carbonyl (C=O) groups excluding carboxylic acids is 1. The van der Waals surface area contributed by atoms with Crippen LogP contribution >= 0.6 is 0 Å². The second kappa shape index (κ2) is 6.60. The van der Waals surface area contributed by atoms with Crippen LogP contribution in [0.3, 0.4) is 0 Å². The zero-order valence-electron chi connectivity index (χ0n) is 12.2. The van der Waals surface area contributed by atoms with Crippen molar-refractivity contribution >= 4 is 5.91 Å². The predicted octanol–water partition coefficient (Wildman–Crippen LogP) is 3.22. The number of likely N-dealkylation sites (tertiary alicyclic amines) is 1. The highest BCUT2D eigenvalue weighted by Gasteiger charge is 2.27. The Bertz CT molecular complexity index is 627. The van der Waals surface area contributed by atoms with E-state index in [0.717, 1.165) is 19.5 Å². The Kier molecular flexibility index (Phi) is 4.37. The van der Waals surface area contributed by atoms with Gasteiger partial charge in [-0.25, -0.2) is 4.39 Å². The molecule has 1 amide bonds. The van der Waals surface area contributed by atoms with Gasteiger partial charge in [0.15, 0.2) is 6.61 Å². The maximum absolute atomic E-state index is 12.8. The zero-order chi connectivity index (χ0) is 15.4. The van der Waals surface area contributed by atoms with Crippen LogP contribution in [0.4, 0.5) is 4.39 Å². The lowest BCUT2D eigenvalue weighted by Gasteiger charge is -2.17. The van der Waals surface area contributed by atoms with Crippen molar-refractivity contribution in [1.82, 2.24) is 4.90 Å². The highest BCUT2D eigenvalue weighted by Crippen LogP contribution is 2.26. The minimum Gasteiger partial charge on any atom is -0.484 e. The molecule has 2 aromatic rings. The van der Waals surface area contributed by atoms with Crippen LogP contribution < -0.4 is 4.74 Å². The first-order valence-corrected chi connectivity index (χ1v) is 7.43. The summed E-state index contributed by atoms with van der Waals surface area (Å²) in [7, 11) is 0. The Hall–Kier alpha value is -2.36. The number of ether oxygens (including phenoxy) is 1. The van der Waals surface area contributed by atoms with Gasteiger partial charge < -0.3 is 9.64 Å². The molecule has 3 nitrogen and oxygen atoms in total. The predicted molar refractivity (Wildman–Crippen MR) is 82.3 cm³/mol. The molecule has 4 heteroatoms. The van der Waals surface area contributed by atoms with E-state index >= 15 is 0 Å². The topological polar surface area (TPSA) is 29.5 Å². The number of carbonyl (C=O) groups is 1. The van der Waals surface area contributed by atoms with Crippen LogP contribution in [0.5, 0.6) is 5.75 Å². The van der Waals surface area contributed by atoms with E-state index in [1.165, 1.54) is 29.8 Å². The smallest absolute Gasteiger partial charge is 0.260 e. The molecular formula is C18H18FNO2. The Morgan fingerprint density at radius 3 is 2.59 bits per heavy atom. The third-order valence-corrected chi connectivity index (χ3v) is 3.99. The largest absolute Gasteiger partial charge is 0.484 e. The van der Waals surface area contributed by atoms with Gasteiger partial charge in [0.05, 0.1) is 0 Å². The quantitative estimate of drug-likeness (QED) is 0.867. The molecule has 0 saturated carbocycles. The molecule has 0 bridgehead atoms. The van der Waals surface area contributed by atoms with E-state index < -0.39 is 0 Å². The molecule has 3 rings (SSSR count). The SMILES string of the molecule is O=C(COc1ccc(F)cc1)N1CC[C@H](c2ccccc2)C1. The lowest BCUT2D eigenvalue weighted by atomic mass is 9.99. The average Bonchev–Trinajstić information content (AvgIpc) is 3.05. The maximum atomic E-state index is 12.8. The molecule has 2 aromatic carbocycles. The molecule has 0 aliphatic carbocycles. The van der Waals surface area contributed by atoms with Crippen LogP contribution in [0.1, 0.15) is 17.9 Å². The molecule has 0 aromatic heterocycles. The van der Waals surface area contributed by atoms with Gasteiger partial charge in [-0.1, -0.05) is 30.3 Å². The van der Waals surface area contributed by atoms with Crippen LogP contribution in [0.2, 0.25) is 0 Å². The van der Waals surface area contributed by atoms with Crippen molar-refractivity contribution < 1.29 is 13.9 Å². The number of benzene rings is 2. The Morgan fingerprint density at radius 1 is 1.14 bits per heavy atom. The van der Waals surface area contributed by atoms with Gasteiger partial charge in [0, 0.05) is 19.0 Å². The fraction of sp³-hybridized carbons (Fsp3) is 0.278. The maximum Gasteiger partial charge on any atom is 0.260 e. The lowest BCUT2D eigenvalue weighted by molar-refractivity contribution is -0.132. The van der Waals surface area contributed by atoms with Gasteiger partial charge in [-0.3, -0.25) is 4.79 Å². The Labute approximate surface area is 129 Å². The molecule has 1 fully saturated rings. The monoisotopic (exact) mass is 299 g/mol. The van der Waals surface area contributed by atoms with Gasteiger partial charge in [-0.05, 0) is 36.2 Å². The molecule has 0 N–H and O–H groups in total. The summed E-state index contributed by atoms with van der Waals surface area (Å²) in [6.45, 7) is 1.48. The van der Waals surface area contributed by atoms with Crippen molar-refractivity contribution in [1.29, 1.82) is 0 Å². The van der Waals surface area contributed by atoms with Crippen molar-refractivity contribution in [3.8, 4) is 5.75 Å². The minimum absolute atomic E-state index is 0.00680. The highest BCUT2D eigenvalue weighted by molar-refractivity contribution is 5.78. The van der Waals surface area contributed by atoms with Crippen molar-refractivity contribution in [3.63, 3.8) is 0 Å². The standard InChI is InChI=1S/C18H18FNO2/c19-16-6-8-17(9-7-16)22-13-18(21)20-11-10-15(12-20)14-4-2-1-3-5-14/h1-9,15H,10-13H2/t15-/m0/s1. The van der Waals surface area contributed by atoms with E-state index in [0.29, 0.717) is 11.7 Å². The summed E-state index contributed by atoms with van der Waals surface area (Å²) in [5.74, 6) is 0.566. The van der Waals surface area contributed by atoms with Crippen LogP contribution in [0.15, 0.2) is 54.6 Å². The summed E-state index contributed by atoms with van der Waals surface area (Å²) < 4.78 is 18.2. The summed E-state index contributed by atoms with van der Waals surface area (Å²) in [5.41, 5.74) is 1.28. The van der Waals surface area contributed by atoms with Crippen LogP contribution in [0, 0.1) is 5.82 Å². The van der Waals surface area contributed by atoms with E-state index in [1.807, 2.05) is 23.1 Å². The van der Waals surface area contributed by atoms with Gasteiger partial charge in [-0.2, -0.15) is 0 Å².